The molecule has 1 aromatic carbocycles. The Bertz CT molecular complexity index is 1010. The van der Waals surface area contributed by atoms with Gasteiger partial charge < -0.3 is 5.32 Å². The number of aromatic nitrogens is 2. The Labute approximate surface area is 165 Å². The third kappa shape index (κ3) is 4.42. The van der Waals surface area contributed by atoms with Gasteiger partial charge in [0, 0.05) is 23.4 Å². The second-order valence-electron chi connectivity index (χ2n) is 6.93. The maximum atomic E-state index is 12.4. The standard InChI is InChI=1S/C20H21N3O2S2/c1-13-2-4-14(5-3-13)19(15-6-7-15)22-17(24)12-26-11-16-10-18(25)23-8-9-27-20(23)21-16/h2-5,8-10,15,19H,6-7,11-12H2,1H3,(H,22,24). The van der Waals surface area contributed by atoms with E-state index >= 15 is 0 Å². The lowest BCUT2D eigenvalue weighted by Gasteiger charge is -2.19. The number of nitrogens with one attached hydrogen (secondary N) is 1. The highest BCUT2D eigenvalue weighted by molar-refractivity contribution is 7.99. The van der Waals surface area contributed by atoms with E-state index in [1.165, 1.54) is 51.5 Å². The third-order valence-corrected chi connectivity index (χ3v) is 6.41. The molecule has 5 nitrogen and oxygen atoms in total. The minimum absolute atomic E-state index is 0.0337. The second-order valence-corrected chi connectivity index (χ2v) is 8.79. The lowest BCUT2D eigenvalue weighted by atomic mass is 10.0. The molecule has 7 heteroatoms. The largest absolute Gasteiger partial charge is 0.348 e. The average molecular weight is 400 g/mol. The SMILES string of the molecule is Cc1ccc(C(NC(=O)CSCc2cc(=O)n3ccsc3n2)C2CC2)cc1. The number of nitrogens with zero attached hydrogens (tertiary/aromatic N) is 2. The summed E-state index contributed by atoms with van der Waals surface area (Å²) in [5.74, 6) is 1.49. The van der Waals surface area contributed by atoms with Crippen molar-refractivity contribution < 1.29 is 4.79 Å². The van der Waals surface area contributed by atoms with E-state index in [0.29, 0.717) is 22.4 Å². The quantitative estimate of drug-likeness (QED) is 0.660. The lowest BCUT2D eigenvalue weighted by molar-refractivity contribution is -0.119. The molecule has 1 atom stereocenters. The van der Waals surface area contributed by atoms with Gasteiger partial charge in [0.05, 0.1) is 17.5 Å². The van der Waals surface area contributed by atoms with Crippen molar-refractivity contribution in [1.29, 1.82) is 0 Å². The van der Waals surface area contributed by atoms with Crippen molar-refractivity contribution in [2.75, 3.05) is 5.75 Å². The van der Waals surface area contributed by atoms with Crippen LogP contribution >= 0.6 is 23.1 Å². The molecular weight excluding hydrogens is 378 g/mol. The smallest absolute Gasteiger partial charge is 0.258 e. The number of aryl methyl sites for hydroxylation is 1. The third-order valence-electron chi connectivity index (χ3n) is 4.69. The monoisotopic (exact) mass is 399 g/mol. The first kappa shape index (κ1) is 18.3. The summed E-state index contributed by atoms with van der Waals surface area (Å²) in [5, 5.41) is 5.04. The van der Waals surface area contributed by atoms with E-state index in [-0.39, 0.29) is 17.5 Å². The van der Waals surface area contributed by atoms with Crippen molar-refractivity contribution in [2.24, 2.45) is 5.92 Å². The number of fused-ring (bicyclic) bond motifs is 1. The first-order valence-electron chi connectivity index (χ1n) is 8.99. The first-order valence-corrected chi connectivity index (χ1v) is 11.0. The number of thioether (sulfide) groups is 1. The number of thiazole rings is 1. The van der Waals surface area contributed by atoms with Crippen LogP contribution in [-0.2, 0) is 10.5 Å². The molecule has 140 valence electrons. The van der Waals surface area contributed by atoms with Gasteiger partial charge in [-0.25, -0.2) is 4.98 Å². The number of rotatable bonds is 7. The first-order chi connectivity index (χ1) is 13.1. The molecule has 1 aliphatic rings. The van der Waals surface area contributed by atoms with E-state index in [2.05, 4.69) is 41.5 Å². The van der Waals surface area contributed by atoms with Gasteiger partial charge in [-0.05, 0) is 31.2 Å². The molecule has 3 aromatic rings. The highest BCUT2D eigenvalue weighted by atomic mass is 32.2. The Kier molecular flexibility index (Phi) is 5.31. The molecule has 1 unspecified atom stereocenters. The number of hydrogen-bond donors (Lipinski definition) is 1. The average Bonchev–Trinajstić information content (AvgIpc) is 3.38. The highest BCUT2D eigenvalue weighted by Gasteiger charge is 2.33. The van der Waals surface area contributed by atoms with Crippen molar-refractivity contribution in [2.45, 2.75) is 31.6 Å². The fourth-order valence-electron chi connectivity index (χ4n) is 3.10. The zero-order chi connectivity index (χ0) is 18.8. The second kappa shape index (κ2) is 7.86. The predicted octanol–water partition coefficient (Wildman–Crippen LogP) is 3.57. The molecule has 0 saturated heterocycles. The Morgan fingerprint density at radius 3 is 2.89 bits per heavy atom. The summed E-state index contributed by atoms with van der Waals surface area (Å²) in [6.45, 7) is 2.07. The summed E-state index contributed by atoms with van der Waals surface area (Å²) < 4.78 is 1.54. The Hall–Kier alpha value is -2.12. The van der Waals surface area contributed by atoms with Crippen molar-refractivity contribution in [1.82, 2.24) is 14.7 Å². The lowest BCUT2D eigenvalue weighted by Crippen LogP contribution is -2.31. The van der Waals surface area contributed by atoms with Crippen molar-refractivity contribution in [3.8, 4) is 0 Å². The molecule has 2 heterocycles. The highest BCUT2D eigenvalue weighted by Crippen LogP contribution is 2.41. The fourth-order valence-corrected chi connectivity index (χ4v) is 4.57. The fraction of sp³-hybridized carbons (Fsp3) is 0.350. The van der Waals surface area contributed by atoms with Crippen LogP contribution in [0.15, 0.2) is 46.7 Å². The Morgan fingerprint density at radius 2 is 2.15 bits per heavy atom. The van der Waals surface area contributed by atoms with Crippen LogP contribution in [-0.4, -0.2) is 21.0 Å². The zero-order valence-electron chi connectivity index (χ0n) is 15.1. The van der Waals surface area contributed by atoms with Crippen LogP contribution in [0, 0.1) is 12.8 Å². The molecule has 0 bridgehead atoms. The molecular formula is C20H21N3O2S2. The van der Waals surface area contributed by atoms with E-state index in [9.17, 15) is 9.59 Å². The molecule has 2 aromatic heterocycles. The van der Waals surface area contributed by atoms with Gasteiger partial charge in [-0.1, -0.05) is 29.8 Å². The summed E-state index contributed by atoms with van der Waals surface area (Å²) in [7, 11) is 0. The predicted molar refractivity (Wildman–Crippen MR) is 110 cm³/mol. The van der Waals surface area contributed by atoms with Gasteiger partial charge in [0.1, 0.15) is 0 Å². The molecule has 0 spiro atoms. The van der Waals surface area contributed by atoms with Crippen LogP contribution < -0.4 is 10.9 Å². The summed E-state index contributed by atoms with van der Waals surface area (Å²) in [6.07, 6.45) is 4.06. The molecule has 0 radical (unpaired) electrons. The van der Waals surface area contributed by atoms with E-state index in [0.717, 1.165) is 5.69 Å². The van der Waals surface area contributed by atoms with Gasteiger partial charge in [-0.2, -0.15) is 0 Å². The maximum absolute atomic E-state index is 12.4. The topological polar surface area (TPSA) is 63.5 Å². The maximum Gasteiger partial charge on any atom is 0.258 e. The van der Waals surface area contributed by atoms with Crippen molar-refractivity contribution in [3.05, 3.63) is 69.1 Å². The van der Waals surface area contributed by atoms with Gasteiger partial charge in [0.25, 0.3) is 5.56 Å². The van der Waals surface area contributed by atoms with Crippen molar-refractivity contribution >= 4 is 34.0 Å². The summed E-state index contributed by atoms with van der Waals surface area (Å²) in [5.41, 5.74) is 3.05. The van der Waals surface area contributed by atoms with Crippen LogP contribution in [0.2, 0.25) is 0 Å². The van der Waals surface area contributed by atoms with E-state index in [1.807, 2.05) is 5.38 Å². The summed E-state index contributed by atoms with van der Waals surface area (Å²) in [6, 6.07) is 10.1. The molecule has 1 amide bonds. The van der Waals surface area contributed by atoms with Gasteiger partial charge in [-0.15, -0.1) is 23.1 Å². The molecule has 1 fully saturated rings. The molecule has 27 heavy (non-hydrogen) atoms. The number of carbonyl (C=O) groups excluding carboxylic acids is 1. The van der Waals surface area contributed by atoms with Crippen LogP contribution in [0.5, 0.6) is 0 Å². The Morgan fingerprint density at radius 1 is 1.37 bits per heavy atom. The Balaban J connectivity index is 1.34. The van der Waals surface area contributed by atoms with E-state index < -0.39 is 0 Å². The van der Waals surface area contributed by atoms with Crippen molar-refractivity contribution in [3.63, 3.8) is 0 Å². The summed E-state index contributed by atoms with van der Waals surface area (Å²) >= 11 is 2.92. The number of hydrogen-bond acceptors (Lipinski definition) is 5. The van der Waals surface area contributed by atoms with Crippen LogP contribution in [0.25, 0.3) is 4.96 Å². The number of amides is 1. The molecule has 1 N–H and O–H groups in total. The minimum atomic E-state index is -0.0746. The van der Waals surface area contributed by atoms with Gasteiger partial charge >= 0.3 is 0 Å². The van der Waals surface area contributed by atoms with E-state index in [1.54, 1.807) is 12.3 Å². The number of benzene rings is 1. The zero-order valence-corrected chi connectivity index (χ0v) is 16.7. The van der Waals surface area contributed by atoms with Gasteiger partial charge in [-0.3, -0.25) is 14.0 Å². The van der Waals surface area contributed by atoms with Crippen LogP contribution in [0.3, 0.4) is 0 Å². The molecule has 0 aliphatic heterocycles. The summed E-state index contributed by atoms with van der Waals surface area (Å²) in [4.78, 5) is 29.6. The molecule has 1 aliphatic carbocycles. The van der Waals surface area contributed by atoms with E-state index in [4.69, 9.17) is 0 Å². The van der Waals surface area contributed by atoms with Gasteiger partial charge in [0.2, 0.25) is 5.91 Å². The van der Waals surface area contributed by atoms with Crippen LogP contribution in [0.4, 0.5) is 0 Å². The minimum Gasteiger partial charge on any atom is -0.348 e. The van der Waals surface area contributed by atoms with Crippen LogP contribution in [0.1, 0.15) is 35.7 Å². The molecule has 1 saturated carbocycles. The van der Waals surface area contributed by atoms with Gasteiger partial charge in [0.15, 0.2) is 4.96 Å². The molecule has 4 rings (SSSR count). The number of carbonyl (C=O) groups is 1. The normalized spacial score (nSPS) is 15.0.